The molecular weight excluding hydrogens is 190 g/mol. The van der Waals surface area contributed by atoms with E-state index < -0.39 is 0 Å². The van der Waals surface area contributed by atoms with Crippen LogP contribution in [0.5, 0.6) is 0 Å². The van der Waals surface area contributed by atoms with Crippen LogP contribution in [0.15, 0.2) is 30.3 Å². The molecule has 2 rings (SSSR count). The number of hydrogen-bond acceptors (Lipinski definition) is 2. The first-order valence-electron chi connectivity index (χ1n) is 5.22. The van der Waals surface area contributed by atoms with E-state index in [-0.39, 0.29) is 12.5 Å². The van der Waals surface area contributed by atoms with Crippen LogP contribution in [-0.4, -0.2) is 35.6 Å². The summed E-state index contributed by atoms with van der Waals surface area (Å²) in [6, 6.07) is 9.74. The molecule has 1 aromatic carbocycles. The number of rotatable bonds is 3. The number of aliphatic hydroxyl groups is 1. The summed E-state index contributed by atoms with van der Waals surface area (Å²) in [5, 5.41) is 8.84. The third-order valence-corrected chi connectivity index (χ3v) is 2.77. The monoisotopic (exact) mass is 205 g/mol. The summed E-state index contributed by atoms with van der Waals surface area (Å²) in [4.78, 5) is 13.5. The average molecular weight is 205 g/mol. The Balaban J connectivity index is 1.84. The van der Waals surface area contributed by atoms with Crippen LogP contribution in [0.25, 0.3) is 0 Å². The summed E-state index contributed by atoms with van der Waals surface area (Å²) in [6.07, 6.45) is 0.471. The quantitative estimate of drug-likeness (QED) is 0.788. The normalized spacial score (nSPS) is 16.2. The highest BCUT2D eigenvalue weighted by molar-refractivity contribution is 5.79. The van der Waals surface area contributed by atoms with Crippen molar-refractivity contribution in [1.29, 1.82) is 0 Å². The Hall–Kier alpha value is -1.35. The molecule has 0 saturated carbocycles. The third kappa shape index (κ3) is 2.36. The maximum absolute atomic E-state index is 11.7. The summed E-state index contributed by atoms with van der Waals surface area (Å²) >= 11 is 0. The van der Waals surface area contributed by atoms with Crippen molar-refractivity contribution in [2.24, 2.45) is 5.92 Å². The van der Waals surface area contributed by atoms with Gasteiger partial charge >= 0.3 is 0 Å². The van der Waals surface area contributed by atoms with Gasteiger partial charge in [0.05, 0.1) is 6.42 Å². The molecule has 3 nitrogen and oxygen atoms in total. The van der Waals surface area contributed by atoms with Gasteiger partial charge in [-0.2, -0.15) is 0 Å². The van der Waals surface area contributed by atoms with Crippen LogP contribution in [0, 0.1) is 5.92 Å². The molecule has 15 heavy (non-hydrogen) atoms. The fourth-order valence-electron chi connectivity index (χ4n) is 1.77. The number of benzene rings is 1. The van der Waals surface area contributed by atoms with Crippen LogP contribution >= 0.6 is 0 Å². The van der Waals surface area contributed by atoms with Crippen LogP contribution < -0.4 is 0 Å². The Morgan fingerprint density at radius 3 is 2.60 bits per heavy atom. The van der Waals surface area contributed by atoms with Crippen LogP contribution in [0.4, 0.5) is 0 Å². The van der Waals surface area contributed by atoms with Gasteiger partial charge in [-0.1, -0.05) is 30.3 Å². The van der Waals surface area contributed by atoms with Crippen LogP contribution in [0.1, 0.15) is 5.56 Å². The number of likely N-dealkylation sites (tertiary alicyclic amines) is 1. The molecule has 0 unspecified atom stereocenters. The molecule has 0 radical (unpaired) electrons. The second kappa shape index (κ2) is 4.45. The molecule has 1 aliphatic heterocycles. The maximum atomic E-state index is 11.7. The summed E-state index contributed by atoms with van der Waals surface area (Å²) in [5.41, 5.74) is 1.05. The second-order valence-electron chi connectivity index (χ2n) is 4.01. The van der Waals surface area contributed by atoms with Crippen LogP contribution in [0.3, 0.4) is 0 Å². The Labute approximate surface area is 89.3 Å². The van der Waals surface area contributed by atoms with E-state index in [4.69, 9.17) is 5.11 Å². The number of hydrogen-bond donors (Lipinski definition) is 1. The molecule has 1 aromatic rings. The molecule has 1 heterocycles. The van der Waals surface area contributed by atoms with E-state index >= 15 is 0 Å². The van der Waals surface area contributed by atoms with Gasteiger partial charge in [-0.3, -0.25) is 4.79 Å². The van der Waals surface area contributed by atoms with Crippen molar-refractivity contribution < 1.29 is 9.90 Å². The number of carbonyl (C=O) groups is 1. The molecule has 0 aliphatic carbocycles. The first-order valence-corrected chi connectivity index (χ1v) is 5.22. The van der Waals surface area contributed by atoms with Gasteiger partial charge < -0.3 is 10.0 Å². The zero-order valence-electron chi connectivity index (χ0n) is 8.60. The molecular formula is C12H15NO2. The van der Waals surface area contributed by atoms with E-state index in [2.05, 4.69) is 0 Å². The van der Waals surface area contributed by atoms with E-state index in [1.165, 1.54) is 0 Å². The number of aliphatic hydroxyl groups excluding tert-OH is 1. The molecule has 1 amide bonds. The molecule has 3 heteroatoms. The van der Waals surface area contributed by atoms with Gasteiger partial charge in [0.2, 0.25) is 5.91 Å². The lowest BCUT2D eigenvalue weighted by atomic mass is 10.00. The fraction of sp³-hybridized carbons (Fsp3) is 0.417. The van der Waals surface area contributed by atoms with Gasteiger partial charge in [0, 0.05) is 25.6 Å². The Morgan fingerprint density at radius 2 is 2.00 bits per heavy atom. The molecule has 0 spiro atoms. The van der Waals surface area contributed by atoms with E-state index in [9.17, 15) is 4.79 Å². The lowest BCUT2D eigenvalue weighted by Crippen LogP contribution is -2.51. The minimum absolute atomic E-state index is 0.158. The van der Waals surface area contributed by atoms with E-state index in [1.807, 2.05) is 30.3 Å². The first kappa shape index (κ1) is 10.2. The topological polar surface area (TPSA) is 40.5 Å². The molecule has 0 aromatic heterocycles. The zero-order valence-corrected chi connectivity index (χ0v) is 8.60. The van der Waals surface area contributed by atoms with Crippen LogP contribution in [0.2, 0.25) is 0 Å². The highest BCUT2D eigenvalue weighted by Crippen LogP contribution is 2.16. The Morgan fingerprint density at radius 1 is 1.33 bits per heavy atom. The van der Waals surface area contributed by atoms with Gasteiger partial charge in [0.1, 0.15) is 0 Å². The molecule has 1 saturated heterocycles. The largest absolute Gasteiger partial charge is 0.396 e. The molecule has 80 valence electrons. The van der Waals surface area contributed by atoms with Crippen molar-refractivity contribution in [2.45, 2.75) is 6.42 Å². The minimum atomic E-state index is 0.158. The van der Waals surface area contributed by atoms with Crippen molar-refractivity contribution in [3.8, 4) is 0 Å². The van der Waals surface area contributed by atoms with Gasteiger partial charge in [-0.15, -0.1) is 0 Å². The number of nitrogens with zero attached hydrogens (tertiary/aromatic N) is 1. The smallest absolute Gasteiger partial charge is 0.227 e. The zero-order chi connectivity index (χ0) is 10.7. The number of carbonyl (C=O) groups excluding carboxylic acids is 1. The van der Waals surface area contributed by atoms with Gasteiger partial charge in [-0.25, -0.2) is 0 Å². The van der Waals surface area contributed by atoms with E-state index in [0.717, 1.165) is 5.56 Å². The fourth-order valence-corrected chi connectivity index (χ4v) is 1.77. The lowest BCUT2D eigenvalue weighted by molar-refractivity contribution is -0.137. The summed E-state index contributed by atoms with van der Waals surface area (Å²) in [6.45, 7) is 1.61. The predicted octanol–water partition coefficient (Wildman–Crippen LogP) is 0.680. The van der Waals surface area contributed by atoms with E-state index in [1.54, 1.807) is 4.90 Å². The van der Waals surface area contributed by atoms with Crippen molar-refractivity contribution in [3.63, 3.8) is 0 Å². The van der Waals surface area contributed by atoms with Gasteiger partial charge in [0.15, 0.2) is 0 Å². The SMILES string of the molecule is O=C(Cc1ccccc1)N1CC(CO)C1. The average Bonchev–Trinajstić information content (AvgIpc) is 2.17. The van der Waals surface area contributed by atoms with Crippen molar-refractivity contribution in [3.05, 3.63) is 35.9 Å². The molecule has 1 N–H and O–H groups in total. The van der Waals surface area contributed by atoms with Crippen molar-refractivity contribution in [2.75, 3.05) is 19.7 Å². The van der Waals surface area contributed by atoms with Crippen molar-refractivity contribution >= 4 is 5.91 Å². The van der Waals surface area contributed by atoms with Crippen LogP contribution in [-0.2, 0) is 11.2 Å². The lowest BCUT2D eigenvalue weighted by Gasteiger charge is -2.38. The molecule has 1 aliphatic rings. The summed E-state index contributed by atoms with van der Waals surface area (Å²) < 4.78 is 0. The van der Waals surface area contributed by atoms with Gasteiger partial charge in [-0.05, 0) is 5.56 Å². The molecule has 1 fully saturated rings. The van der Waals surface area contributed by atoms with Crippen molar-refractivity contribution in [1.82, 2.24) is 4.90 Å². The standard InChI is InChI=1S/C12H15NO2/c14-9-11-7-13(8-11)12(15)6-10-4-2-1-3-5-10/h1-5,11,14H,6-9H2. The first-order chi connectivity index (χ1) is 7.29. The number of amides is 1. The summed E-state index contributed by atoms with van der Waals surface area (Å²) in [5.74, 6) is 0.454. The Kier molecular flexibility index (Phi) is 3.02. The highest BCUT2D eigenvalue weighted by Gasteiger charge is 2.29. The predicted molar refractivity (Wildman–Crippen MR) is 57.3 cm³/mol. The molecule has 0 bridgehead atoms. The Bertz CT molecular complexity index is 331. The van der Waals surface area contributed by atoms with Gasteiger partial charge in [0.25, 0.3) is 0 Å². The second-order valence-corrected chi connectivity index (χ2v) is 4.01. The third-order valence-electron chi connectivity index (χ3n) is 2.77. The summed E-state index contributed by atoms with van der Waals surface area (Å²) in [7, 11) is 0. The van der Waals surface area contributed by atoms with E-state index in [0.29, 0.717) is 25.4 Å². The maximum Gasteiger partial charge on any atom is 0.227 e. The minimum Gasteiger partial charge on any atom is -0.396 e. The highest BCUT2D eigenvalue weighted by atomic mass is 16.3. The molecule has 0 atom stereocenters.